The Hall–Kier alpha value is -2.04. The van der Waals surface area contributed by atoms with Crippen LogP contribution in [0.1, 0.15) is 41.6 Å². The maximum atomic E-state index is 12.6. The van der Waals surface area contributed by atoms with Gasteiger partial charge >= 0.3 is 5.97 Å². The van der Waals surface area contributed by atoms with Gasteiger partial charge in [-0.15, -0.1) is 0 Å². The van der Waals surface area contributed by atoms with Crippen molar-refractivity contribution in [1.82, 2.24) is 4.90 Å². The molecular formula is C18H23NO4. The van der Waals surface area contributed by atoms with Crippen LogP contribution in [0.4, 0.5) is 0 Å². The van der Waals surface area contributed by atoms with E-state index < -0.39 is 0 Å². The molecule has 1 aliphatic heterocycles. The van der Waals surface area contributed by atoms with Crippen LogP contribution >= 0.6 is 0 Å². The highest BCUT2D eigenvalue weighted by molar-refractivity contribution is 5.98. The SMILES string of the molecule is COc1ccc2c(c1)C(=O)N(C[C@H]1CC[C@H](C(=O)OC)CC1)C2. The van der Waals surface area contributed by atoms with Crippen molar-refractivity contribution >= 4 is 11.9 Å². The molecule has 1 saturated carbocycles. The molecule has 0 N–H and O–H groups in total. The van der Waals surface area contributed by atoms with E-state index in [0.29, 0.717) is 12.5 Å². The molecule has 1 fully saturated rings. The van der Waals surface area contributed by atoms with Crippen LogP contribution in [0.2, 0.25) is 0 Å². The van der Waals surface area contributed by atoms with Crippen LogP contribution in [0.25, 0.3) is 0 Å². The van der Waals surface area contributed by atoms with Gasteiger partial charge in [-0.1, -0.05) is 6.07 Å². The average Bonchev–Trinajstić information content (AvgIpc) is 2.90. The van der Waals surface area contributed by atoms with Gasteiger partial charge < -0.3 is 14.4 Å². The van der Waals surface area contributed by atoms with Gasteiger partial charge in [-0.3, -0.25) is 9.59 Å². The number of carbonyl (C=O) groups is 2. The molecule has 124 valence electrons. The van der Waals surface area contributed by atoms with Crippen LogP contribution in [-0.2, 0) is 16.1 Å². The minimum Gasteiger partial charge on any atom is -0.497 e. The highest BCUT2D eigenvalue weighted by atomic mass is 16.5. The number of methoxy groups -OCH3 is 2. The second-order valence-electron chi connectivity index (χ2n) is 6.45. The van der Waals surface area contributed by atoms with Crippen molar-refractivity contribution in [2.45, 2.75) is 32.2 Å². The summed E-state index contributed by atoms with van der Waals surface area (Å²) < 4.78 is 10.0. The highest BCUT2D eigenvalue weighted by Crippen LogP contribution is 2.33. The van der Waals surface area contributed by atoms with E-state index in [1.54, 1.807) is 7.11 Å². The van der Waals surface area contributed by atoms with E-state index in [0.717, 1.165) is 49.1 Å². The number of nitrogens with zero attached hydrogens (tertiary/aromatic N) is 1. The number of amides is 1. The van der Waals surface area contributed by atoms with E-state index in [-0.39, 0.29) is 17.8 Å². The van der Waals surface area contributed by atoms with Crippen molar-refractivity contribution in [2.24, 2.45) is 11.8 Å². The lowest BCUT2D eigenvalue weighted by molar-refractivity contribution is -0.146. The number of esters is 1. The predicted molar refractivity (Wildman–Crippen MR) is 85.2 cm³/mol. The molecule has 0 spiro atoms. The number of hydrogen-bond donors (Lipinski definition) is 0. The Morgan fingerprint density at radius 1 is 1.22 bits per heavy atom. The lowest BCUT2D eigenvalue weighted by Gasteiger charge is -2.30. The Morgan fingerprint density at radius 2 is 1.96 bits per heavy atom. The molecule has 0 bridgehead atoms. The van der Waals surface area contributed by atoms with E-state index in [1.807, 2.05) is 23.1 Å². The van der Waals surface area contributed by atoms with Gasteiger partial charge in [0.15, 0.2) is 0 Å². The normalized spacial score (nSPS) is 23.6. The van der Waals surface area contributed by atoms with Crippen molar-refractivity contribution < 1.29 is 19.1 Å². The fourth-order valence-electron chi connectivity index (χ4n) is 3.67. The molecule has 1 aromatic carbocycles. The van der Waals surface area contributed by atoms with E-state index >= 15 is 0 Å². The van der Waals surface area contributed by atoms with Crippen LogP contribution in [0.15, 0.2) is 18.2 Å². The van der Waals surface area contributed by atoms with Crippen LogP contribution in [0.5, 0.6) is 5.75 Å². The fraction of sp³-hybridized carbons (Fsp3) is 0.556. The van der Waals surface area contributed by atoms with E-state index in [4.69, 9.17) is 9.47 Å². The summed E-state index contributed by atoms with van der Waals surface area (Å²) in [6.07, 6.45) is 3.67. The maximum Gasteiger partial charge on any atom is 0.308 e. The molecule has 3 rings (SSSR count). The average molecular weight is 317 g/mol. The zero-order valence-electron chi connectivity index (χ0n) is 13.7. The monoisotopic (exact) mass is 317 g/mol. The molecule has 0 saturated heterocycles. The second-order valence-corrected chi connectivity index (χ2v) is 6.45. The number of rotatable bonds is 4. The molecule has 1 amide bonds. The number of benzene rings is 1. The van der Waals surface area contributed by atoms with Gasteiger partial charge in [0.25, 0.3) is 5.91 Å². The highest BCUT2D eigenvalue weighted by Gasteiger charge is 2.32. The molecule has 0 unspecified atom stereocenters. The van der Waals surface area contributed by atoms with E-state index in [1.165, 1.54) is 7.11 Å². The molecule has 1 heterocycles. The molecule has 0 radical (unpaired) electrons. The molecule has 1 aromatic rings. The summed E-state index contributed by atoms with van der Waals surface area (Å²) in [6, 6.07) is 5.70. The van der Waals surface area contributed by atoms with Crippen molar-refractivity contribution in [3.63, 3.8) is 0 Å². The van der Waals surface area contributed by atoms with Crippen LogP contribution in [0, 0.1) is 11.8 Å². The standard InChI is InChI=1S/C18H23NO4/c1-22-15-8-7-14-11-19(17(20)16(14)9-15)10-12-3-5-13(6-4-12)18(21)23-2/h7-9,12-13H,3-6,10-11H2,1-2H3/t12-,13-. The van der Waals surface area contributed by atoms with Gasteiger partial charge in [-0.2, -0.15) is 0 Å². The first kappa shape index (κ1) is 15.8. The van der Waals surface area contributed by atoms with Crippen LogP contribution < -0.4 is 4.74 Å². The van der Waals surface area contributed by atoms with Crippen molar-refractivity contribution in [3.05, 3.63) is 29.3 Å². The van der Waals surface area contributed by atoms with Crippen molar-refractivity contribution in [2.75, 3.05) is 20.8 Å². The van der Waals surface area contributed by atoms with E-state index in [9.17, 15) is 9.59 Å². The Kier molecular flexibility index (Phi) is 4.55. The largest absolute Gasteiger partial charge is 0.497 e. The number of fused-ring (bicyclic) bond motifs is 1. The third-order valence-corrected chi connectivity index (χ3v) is 5.06. The first-order chi connectivity index (χ1) is 11.1. The topological polar surface area (TPSA) is 55.8 Å². The summed E-state index contributed by atoms with van der Waals surface area (Å²) in [4.78, 5) is 26.1. The van der Waals surface area contributed by atoms with Gasteiger partial charge in [-0.05, 0) is 49.3 Å². The third kappa shape index (κ3) is 3.19. The van der Waals surface area contributed by atoms with Crippen molar-refractivity contribution in [1.29, 1.82) is 0 Å². The summed E-state index contributed by atoms with van der Waals surface area (Å²) in [7, 11) is 3.06. The molecule has 0 atom stereocenters. The van der Waals surface area contributed by atoms with Gasteiger partial charge in [0.1, 0.15) is 5.75 Å². The fourth-order valence-corrected chi connectivity index (χ4v) is 3.67. The smallest absolute Gasteiger partial charge is 0.308 e. The first-order valence-corrected chi connectivity index (χ1v) is 8.16. The molecule has 0 aromatic heterocycles. The Labute approximate surface area is 136 Å². The van der Waals surface area contributed by atoms with Crippen LogP contribution in [0.3, 0.4) is 0 Å². The lowest BCUT2D eigenvalue weighted by atomic mass is 9.82. The number of carbonyl (C=O) groups excluding carboxylic acids is 2. The van der Waals surface area contributed by atoms with Crippen molar-refractivity contribution in [3.8, 4) is 5.75 Å². The molecule has 5 nitrogen and oxygen atoms in total. The van der Waals surface area contributed by atoms with Gasteiger partial charge in [-0.25, -0.2) is 0 Å². The zero-order valence-corrected chi connectivity index (χ0v) is 13.7. The molecule has 1 aliphatic carbocycles. The lowest BCUT2D eigenvalue weighted by Crippen LogP contribution is -2.33. The number of hydrogen-bond acceptors (Lipinski definition) is 4. The third-order valence-electron chi connectivity index (χ3n) is 5.06. The summed E-state index contributed by atoms with van der Waals surface area (Å²) in [5.41, 5.74) is 1.83. The summed E-state index contributed by atoms with van der Waals surface area (Å²) in [6.45, 7) is 1.44. The molecule has 23 heavy (non-hydrogen) atoms. The predicted octanol–water partition coefficient (Wildman–Crippen LogP) is 2.63. The Balaban J connectivity index is 1.58. The Morgan fingerprint density at radius 3 is 2.61 bits per heavy atom. The number of ether oxygens (including phenoxy) is 2. The molecule has 2 aliphatic rings. The summed E-state index contributed by atoms with van der Waals surface area (Å²) in [5.74, 6) is 1.22. The van der Waals surface area contributed by atoms with Crippen LogP contribution in [-0.4, -0.2) is 37.5 Å². The van der Waals surface area contributed by atoms with Gasteiger partial charge in [0.2, 0.25) is 0 Å². The minimum atomic E-state index is -0.0970. The van der Waals surface area contributed by atoms with E-state index in [2.05, 4.69) is 0 Å². The Bertz CT molecular complexity index is 605. The maximum absolute atomic E-state index is 12.6. The molecular weight excluding hydrogens is 294 g/mol. The minimum absolute atomic E-state index is 0.0342. The quantitative estimate of drug-likeness (QED) is 0.801. The zero-order chi connectivity index (χ0) is 16.4. The van der Waals surface area contributed by atoms with Gasteiger partial charge in [0.05, 0.1) is 20.1 Å². The van der Waals surface area contributed by atoms with Gasteiger partial charge in [0, 0.05) is 18.7 Å². The first-order valence-electron chi connectivity index (χ1n) is 8.16. The summed E-state index contributed by atoms with van der Waals surface area (Å²) in [5, 5.41) is 0. The second kappa shape index (κ2) is 6.60. The summed E-state index contributed by atoms with van der Waals surface area (Å²) >= 11 is 0. The molecule has 5 heteroatoms.